The van der Waals surface area contributed by atoms with Crippen LogP contribution in [-0.2, 0) is 11.2 Å². The molecule has 0 aromatic heterocycles. The van der Waals surface area contributed by atoms with Gasteiger partial charge in [-0.25, -0.2) is 4.79 Å². The molecular weight excluding hydrogens is 313 g/mol. The summed E-state index contributed by atoms with van der Waals surface area (Å²) in [6, 6.07) is 2.37. The predicted octanol–water partition coefficient (Wildman–Crippen LogP) is -0.905. The van der Waals surface area contributed by atoms with E-state index in [-0.39, 0.29) is 23.2 Å². The molecule has 1 aromatic rings. The molecule has 1 aliphatic heterocycles. The fraction of sp³-hybridized carbons (Fsp3) is 0.467. The average Bonchev–Trinajstić information content (AvgIpc) is 2.47. The quantitative estimate of drug-likeness (QED) is 0.452. The van der Waals surface area contributed by atoms with Crippen molar-refractivity contribution < 1.29 is 24.5 Å². The van der Waals surface area contributed by atoms with Crippen molar-refractivity contribution in [3.8, 4) is 11.5 Å². The van der Waals surface area contributed by atoms with Crippen LogP contribution in [0.2, 0.25) is 6.32 Å². The normalized spacial score (nSPS) is 16.4. The van der Waals surface area contributed by atoms with Gasteiger partial charge in [0.1, 0.15) is 23.2 Å². The van der Waals surface area contributed by atoms with Gasteiger partial charge >= 0.3 is 5.97 Å². The number of primary amides is 1. The van der Waals surface area contributed by atoms with Crippen LogP contribution in [0.25, 0.3) is 0 Å². The van der Waals surface area contributed by atoms with Crippen LogP contribution in [0.1, 0.15) is 15.9 Å². The van der Waals surface area contributed by atoms with Gasteiger partial charge in [0.15, 0.2) is 0 Å². The molecule has 1 aromatic carbocycles. The number of hydrogen-bond acceptors (Lipinski definition) is 6. The summed E-state index contributed by atoms with van der Waals surface area (Å²) >= 11 is 0. The van der Waals surface area contributed by atoms with Gasteiger partial charge in [-0.1, -0.05) is 12.4 Å². The molecule has 24 heavy (non-hydrogen) atoms. The lowest BCUT2D eigenvalue weighted by molar-refractivity contribution is -0.120. The smallest absolute Gasteiger partial charge is 0.343 e. The minimum absolute atomic E-state index is 0.102. The number of likely N-dealkylation sites (tertiary alicyclic amines) is 1. The number of carbonyl (C=O) groups is 2. The molecule has 1 fully saturated rings. The lowest BCUT2D eigenvalue weighted by Crippen LogP contribution is -2.58. The van der Waals surface area contributed by atoms with Gasteiger partial charge in [-0.15, -0.1) is 0 Å². The van der Waals surface area contributed by atoms with Crippen LogP contribution < -0.4 is 16.2 Å². The monoisotopic (exact) mass is 333 g/mol. The molecule has 1 atom stereocenters. The molecular formula is C15H20BN3O5. The molecule has 0 saturated carbocycles. The Morgan fingerprint density at radius 1 is 1.42 bits per heavy atom. The maximum Gasteiger partial charge on any atom is 0.343 e. The zero-order valence-corrected chi connectivity index (χ0v) is 13.1. The Morgan fingerprint density at radius 2 is 2.08 bits per heavy atom. The molecule has 8 nitrogen and oxygen atoms in total. The van der Waals surface area contributed by atoms with Gasteiger partial charge in [0.25, 0.3) is 0 Å². The average molecular weight is 333 g/mol. The first-order valence-corrected chi connectivity index (χ1v) is 7.55. The van der Waals surface area contributed by atoms with Gasteiger partial charge in [-0.2, -0.15) is 0 Å². The van der Waals surface area contributed by atoms with E-state index in [1.165, 1.54) is 6.07 Å². The van der Waals surface area contributed by atoms with E-state index in [1.807, 2.05) is 4.90 Å². The Morgan fingerprint density at radius 3 is 2.62 bits per heavy atom. The van der Waals surface area contributed by atoms with Crippen molar-refractivity contribution in [3.63, 3.8) is 0 Å². The number of aryl methyl sites for hydroxylation is 1. The van der Waals surface area contributed by atoms with Crippen LogP contribution in [0.5, 0.6) is 11.5 Å². The Kier molecular flexibility index (Phi) is 5.69. The summed E-state index contributed by atoms with van der Waals surface area (Å²) in [7, 11) is 5.44. The predicted molar refractivity (Wildman–Crippen MR) is 87.4 cm³/mol. The first-order chi connectivity index (χ1) is 11.3. The van der Waals surface area contributed by atoms with E-state index in [9.17, 15) is 19.8 Å². The molecule has 1 aliphatic rings. The van der Waals surface area contributed by atoms with E-state index in [4.69, 9.17) is 24.1 Å². The number of benzene rings is 1. The summed E-state index contributed by atoms with van der Waals surface area (Å²) in [6.07, 6.45) is 0.419. The molecule has 6 N–H and O–H groups in total. The molecule has 0 bridgehead atoms. The number of aromatic carboxylic acids is 1. The molecule has 1 saturated heterocycles. The van der Waals surface area contributed by atoms with Gasteiger partial charge in [-0.3, -0.25) is 9.69 Å². The van der Waals surface area contributed by atoms with Crippen molar-refractivity contribution in [2.45, 2.75) is 24.9 Å². The largest absolute Gasteiger partial charge is 0.507 e. The number of carboxylic acid groups (broad SMARTS) is 1. The highest BCUT2D eigenvalue weighted by molar-refractivity contribution is 6.08. The van der Waals surface area contributed by atoms with Gasteiger partial charge in [-0.05, 0) is 18.1 Å². The van der Waals surface area contributed by atoms with Crippen LogP contribution in [0.15, 0.2) is 12.1 Å². The summed E-state index contributed by atoms with van der Waals surface area (Å²) in [5.41, 5.74) is 10.9. The van der Waals surface area contributed by atoms with Crippen molar-refractivity contribution >= 4 is 19.7 Å². The minimum Gasteiger partial charge on any atom is -0.507 e. The summed E-state index contributed by atoms with van der Waals surface area (Å²) in [6.45, 7) is 1.30. The first kappa shape index (κ1) is 18.1. The number of aromatic hydroxyl groups is 1. The highest BCUT2D eigenvalue weighted by atomic mass is 16.5. The van der Waals surface area contributed by atoms with Crippen molar-refractivity contribution in [2.75, 3.05) is 19.6 Å². The van der Waals surface area contributed by atoms with Crippen LogP contribution in [0, 0.1) is 0 Å². The van der Waals surface area contributed by atoms with E-state index < -0.39 is 17.9 Å². The molecule has 128 valence electrons. The van der Waals surface area contributed by atoms with Crippen molar-refractivity contribution in [1.82, 2.24) is 4.90 Å². The molecule has 0 aliphatic carbocycles. The van der Waals surface area contributed by atoms with Gasteiger partial charge < -0.3 is 26.4 Å². The summed E-state index contributed by atoms with van der Waals surface area (Å²) in [5, 5.41) is 19.4. The standard InChI is InChI=1S/C15H20BN3O5/c16-4-3-8-1-2-11(12(13(8)20)15(22)23)24-9-5-19(6-9)7-10(17)14(18)21/h1-2,9-10,20H,3-7,17H2,(H2,18,21)(H,22,23)/t10-/m1/s1. The van der Waals surface area contributed by atoms with E-state index >= 15 is 0 Å². The lowest BCUT2D eigenvalue weighted by atomic mass is 9.95. The van der Waals surface area contributed by atoms with E-state index in [2.05, 4.69) is 0 Å². The number of carboxylic acids is 1. The highest BCUT2D eigenvalue weighted by Crippen LogP contribution is 2.33. The zero-order chi connectivity index (χ0) is 17.9. The number of nitrogens with two attached hydrogens (primary N) is 2. The van der Waals surface area contributed by atoms with Gasteiger partial charge in [0.2, 0.25) is 5.91 Å². The molecule has 1 amide bonds. The molecule has 2 rings (SSSR count). The second kappa shape index (κ2) is 7.54. The number of ether oxygens (including phenoxy) is 1. The third kappa shape index (κ3) is 3.98. The Balaban J connectivity index is 2.02. The van der Waals surface area contributed by atoms with Crippen molar-refractivity contribution in [3.05, 3.63) is 23.3 Å². The van der Waals surface area contributed by atoms with E-state index in [0.717, 1.165) is 0 Å². The summed E-state index contributed by atoms with van der Waals surface area (Å²) in [4.78, 5) is 24.2. The molecule has 9 heteroatoms. The molecule has 0 spiro atoms. The van der Waals surface area contributed by atoms with Crippen LogP contribution >= 0.6 is 0 Å². The van der Waals surface area contributed by atoms with Crippen LogP contribution in [-0.4, -0.2) is 66.6 Å². The Hall–Kier alpha value is -2.26. The van der Waals surface area contributed by atoms with E-state index in [0.29, 0.717) is 37.9 Å². The van der Waals surface area contributed by atoms with Crippen molar-refractivity contribution in [2.24, 2.45) is 11.5 Å². The van der Waals surface area contributed by atoms with Crippen molar-refractivity contribution in [1.29, 1.82) is 0 Å². The Labute approximate surface area is 140 Å². The minimum atomic E-state index is -1.27. The van der Waals surface area contributed by atoms with Gasteiger partial charge in [0.05, 0.1) is 13.9 Å². The lowest BCUT2D eigenvalue weighted by Gasteiger charge is -2.40. The van der Waals surface area contributed by atoms with Crippen LogP contribution in [0.4, 0.5) is 0 Å². The second-order valence-electron chi connectivity index (χ2n) is 5.76. The van der Waals surface area contributed by atoms with Crippen LogP contribution in [0.3, 0.4) is 0 Å². The van der Waals surface area contributed by atoms with E-state index in [1.54, 1.807) is 6.07 Å². The summed E-state index contributed by atoms with van der Waals surface area (Å²) < 4.78 is 5.66. The fourth-order valence-corrected chi connectivity index (χ4v) is 2.57. The number of carbonyl (C=O) groups excluding carboxylic acids is 1. The third-order valence-electron chi connectivity index (χ3n) is 3.89. The number of nitrogens with zero attached hydrogens (tertiary/aromatic N) is 1. The van der Waals surface area contributed by atoms with Gasteiger partial charge in [0, 0.05) is 19.6 Å². The second-order valence-corrected chi connectivity index (χ2v) is 5.76. The fourth-order valence-electron chi connectivity index (χ4n) is 2.57. The highest BCUT2D eigenvalue weighted by Gasteiger charge is 2.32. The molecule has 2 radical (unpaired) electrons. The Bertz CT molecular complexity index is 634. The number of phenols is 1. The zero-order valence-electron chi connectivity index (χ0n) is 13.1. The summed E-state index contributed by atoms with van der Waals surface area (Å²) in [5.74, 6) is -2.07. The molecule has 1 heterocycles. The molecule has 0 unspecified atom stereocenters. The SMILES string of the molecule is [B]CCc1ccc(OC2CN(C[C@@H](N)C(N)=O)C2)c(C(=O)O)c1O. The third-order valence-corrected chi connectivity index (χ3v) is 3.89. The number of rotatable bonds is 8. The maximum absolute atomic E-state index is 11.4. The first-order valence-electron chi connectivity index (χ1n) is 7.55. The maximum atomic E-state index is 11.4. The number of amides is 1. The number of hydrogen-bond donors (Lipinski definition) is 4. The topological polar surface area (TPSA) is 139 Å².